The Kier molecular flexibility index (Phi) is 4.42. The molecule has 2 fully saturated rings. The summed E-state index contributed by atoms with van der Waals surface area (Å²) in [5, 5.41) is 19.2. The zero-order valence-electron chi connectivity index (χ0n) is 10.8. The van der Waals surface area contributed by atoms with Gasteiger partial charge in [-0.2, -0.15) is 0 Å². The van der Waals surface area contributed by atoms with Gasteiger partial charge in [0.1, 0.15) is 0 Å². The minimum atomic E-state index is -0.209. The molecule has 0 aliphatic carbocycles. The van der Waals surface area contributed by atoms with E-state index >= 15 is 0 Å². The fourth-order valence-corrected chi connectivity index (χ4v) is 3.04. The Bertz CT molecular complexity index is 239. The van der Waals surface area contributed by atoms with E-state index in [1.165, 1.54) is 0 Å². The molecule has 0 amide bonds. The van der Waals surface area contributed by atoms with Crippen LogP contribution in [-0.2, 0) is 4.74 Å². The summed E-state index contributed by atoms with van der Waals surface area (Å²) < 4.78 is 5.38. The van der Waals surface area contributed by atoms with Crippen molar-refractivity contribution in [2.24, 2.45) is 11.3 Å². The van der Waals surface area contributed by atoms with Crippen LogP contribution in [0.5, 0.6) is 0 Å². The number of aliphatic hydroxyl groups excluding tert-OH is 2. The maximum Gasteiger partial charge on any atom is 0.0552 e. The average Bonchev–Trinajstić information content (AvgIpc) is 2.79. The van der Waals surface area contributed by atoms with Gasteiger partial charge >= 0.3 is 0 Å². The molecule has 2 heterocycles. The van der Waals surface area contributed by atoms with Gasteiger partial charge in [0.25, 0.3) is 0 Å². The maximum absolute atomic E-state index is 9.65. The number of aliphatic hydroxyl groups is 2. The van der Waals surface area contributed by atoms with E-state index in [2.05, 4.69) is 4.90 Å². The SMILES string of the molecule is CC(O)C1CCN(CC2(CO)CCOCC2)C1. The summed E-state index contributed by atoms with van der Waals surface area (Å²) in [6.07, 6.45) is 2.79. The predicted molar refractivity (Wildman–Crippen MR) is 65.8 cm³/mol. The molecule has 0 aromatic rings. The van der Waals surface area contributed by atoms with Crippen molar-refractivity contribution in [3.05, 3.63) is 0 Å². The van der Waals surface area contributed by atoms with E-state index in [9.17, 15) is 10.2 Å². The number of hydrogen-bond acceptors (Lipinski definition) is 4. The van der Waals surface area contributed by atoms with Crippen LogP contribution in [0.4, 0.5) is 0 Å². The number of rotatable bonds is 4. The minimum Gasteiger partial charge on any atom is -0.396 e. The van der Waals surface area contributed by atoms with E-state index in [1.54, 1.807) is 0 Å². The minimum absolute atomic E-state index is 0.0336. The van der Waals surface area contributed by atoms with Crippen LogP contribution in [0.15, 0.2) is 0 Å². The molecule has 100 valence electrons. The molecule has 2 saturated heterocycles. The van der Waals surface area contributed by atoms with Crippen LogP contribution in [-0.4, -0.2) is 60.7 Å². The first-order chi connectivity index (χ1) is 8.15. The molecule has 2 aliphatic rings. The van der Waals surface area contributed by atoms with Crippen molar-refractivity contribution in [1.82, 2.24) is 4.90 Å². The van der Waals surface area contributed by atoms with Gasteiger partial charge in [-0.1, -0.05) is 0 Å². The molecule has 2 rings (SSSR count). The quantitative estimate of drug-likeness (QED) is 0.754. The Balaban J connectivity index is 1.87. The zero-order valence-corrected chi connectivity index (χ0v) is 10.8. The first-order valence-corrected chi connectivity index (χ1v) is 6.74. The van der Waals surface area contributed by atoms with Gasteiger partial charge < -0.3 is 19.8 Å². The fraction of sp³-hybridized carbons (Fsp3) is 1.00. The maximum atomic E-state index is 9.65. The molecule has 0 aromatic carbocycles. The van der Waals surface area contributed by atoms with Crippen LogP contribution in [0.25, 0.3) is 0 Å². The highest BCUT2D eigenvalue weighted by atomic mass is 16.5. The van der Waals surface area contributed by atoms with Gasteiger partial charge in [0.2, 0.25) is 0 Å². The molecule has 0 saturated carbocycles. The summed E-state index contributed by atoms with van der Waals surface area (Å²) in [6, 6.07) is 0. The summed E-state index contributed by atoms with van der Waals surface area (Å²) in [4.78, 5) is 2.40. The fourth-order valence-electron chi connectivity index (χ4n) is 3.04. The number of ether oxygens (including phenoxy) is 1. The third kappa shape index (κ3) is 3.19. The number of likely N-dealkylation sites (tertiary alicyclic amines) is 1. The lowest BCUT2D eigenvalue weighted by Gasteiger charge is -2.38. The third-order valence-corrected chi connectivity index (χ3v) is 4.44. The first kappa shape index (κ1) is 13.3. The molecule has 17 heavy (non-hydrogen) atoms. The van der Waals surface area contributed by atoms with Crippen molar-refractivity contribution in [2.45, 2.75) is 32.3 Å². The lowest BCUT2D eigenvalue weighted by atomic mass is 9.80. The van der Waals surface area contributed by atoms with Crippen LogP contribution in [0.2, 0.25) is 0 Å². The van der Waals surface area contributed by atoms with Crippen molar-refractivity contribution in [3.63, 3.8) is 0 Å². The molecule has 2 unspecified atom stereocenters. The molecule has 2 atom stereocenters. The summed E-state index contributed by atoms with van der Waals surface area (Å²) >= 11 is 0. The summed E-state index contributed by atoms with van der Waals surface area (Å²) in [6.45, 7) is 6.66. The van der Waals surface area contributed by atoms with E-state index in [1.807, 2.05) is 6.92 Å². The van der Waals surface area contributed by atoms with Gasteiger partial charge in [-0.25, -0.2) is 0 Å². The normalized spacial score (nSPS) is 31.6. The molecular weight excluding hydrogens is 218 g/mol. The highest BCUT2D eigenvalue weighted by Crippen LogP contribution is 2.33. The van der Waals surface area contributed by atoms with Crippen LogP contribution in [0.1, 0.15) is 26.2 Å². The smallest absolute Gasteiger partial charge is 0.0552 e. The molecule has 4 nitrogen and oxygen atoms in total. The van der Waals surface area contributed by atoms with Crippen molar-refractivity contribution in [3.8, 4) is 0 Å². The van der Waals surface area contributed by atoms with Gasteiger partial charge in [0.15, 0.2) is 0 Å². The third-order valence-electron chi connectivity index (χ3n) is 4.44. The molecule has 2 N–H and O–H groups in total. The molecule has 0 aromatic heterocycles. The Morgan fingerprint density at radius 1 is 1.41 bits per heavy atom. The Morgan fingerprint density at radius 3 is 2.65 bits per heavy atom. The van der Waals surface area contributed by atoms with Gasteiger partial charge in [0.05, 0.1) is 12.7 Å². The summed E-state index contributed by atoms with van der Waals surface area (Å²) in [7, 11) is 0. The largest absolute Gasteiger partial charge is 0.396 e. The van der Waals surface area contributed by atoms with Crippen molar-refractivity contribution >= 4 is 0 Å². The average molecular weight is 243 g/mol. The molecule has 0 radical (unpaired) electrons. The van der Waals surface area contributed by atoms with Gasteiger partial charge in [-0.15, -0.1) is 0 Å². The van der Waals surface area contributed by atoms with E-state index in [0.29, 0.717) is 5.92 Å². The van der Waals surface area contributed by atoms with Gasteiger partial charge in [-0.3, -0.25) is 0 Å². The van der Waals surface area contributed by atoms with Gasteiger partial charge in [0, 0.05) is 31.7 Å². The second-order valence-corrected chi connectivity index (χ2v) is 5.79. The van der Waals surface area contributed by atoms with E-state index < -0.39 is 0 Å². The second-order valence-electron chi connectivity index (χ2n) is 5.79. The Morgan fingerprint density at radius 2 is 2.12 bits per heavy atom. The molecule has 0 bridgehead atoms. The monoisotopic (exact) mass is 243 g/mol. The predicted octanol–water partition coefficient (Wildman–Crippen LogP) is 0.478. The molecule has 0 spiro atoms. The second kappa shape index (κ2) is 5.65. The molecular formula is C13H25NO3. The van der Waals surface area contributed by atoms with Gasteiger partial charge in [-0.05, 0) is 38.6 Å². The van der Waals surface area contributed by atoms with Crippen LogP contribution in [0, 0.1) is 11.3 Å². The highest BCUT2D eigenvalue weighted by molar-refractivity contribution is 4.88. The van der Waals surface area contributed by atoms with Crippen molar-refractivity contribution in [1.29, 1.82) is 0 Å². The highest BCUT2D eigenvalue weighted by Gasteiger charge is 2.36. The summed E-state index contributed by atoms with van der Waals surface area (Å²) in [5.41, 5.74) is 0.0336. The van der Waals surface area contributed by atoms with Crippen LogP contribution >= 0.6 is 0 Å². The number of nitrogens with zero attached hydrogens (tertiary/aromatic N) is 1. The topological polar surface area (TPSA) is 52.9 Å². The van der Waals surface area contributed by atoms with E-state index in [4.69, 9.17) is 4.74 Å². The Hall–Kier alpha value is -0.160. The zero-order chi connectivity index (χ0) is 12.3. The van der Waals surface area contributed by atoms with E-state index in [-0.39, 0.29) is 18.1 Å². The summed E-state index contributed by atoms with van der Waals surface area (Å²) in [5.74, 6) is 0.408. The molecule has 4 heteroatoms. The Labute approximate surface area is 104 Å². The lowest BCUT2D eigenvalue weighted by Crippen LogP contribution is -2.43. The van der Waals surface area contributed by atoms with Crippen molar-refractivity contribution in [2.75, 3.05) is 39.5 Å². The first-order valence-electron chi connectivity index (χ1n) is 6.74. The molecule has 2 aliphatic heterocycles. The van der Waals surface area contributed by atoms with E-state index in [0.717, 1.165) is 52.1 Å². The number of hydrogen-bond donors (Lipinski definition) is 2. The van der Waals surface area contributed by atoms with Crippen LogP contribution < -0.4 is 0 Å². The lowest BCUT2D eigenvalue weighted by molar-refractivity contribution is -0.0323. The van der Waals surface area contributed by atoms with Crippen LogP contribution in [0.3, 0.4) is 0 Å². The standard InChI is InChI=1S/C13H25NO3/c1-11(16)12-2-5-14(8-12)9-13(10-15)3-6-17-7-4-13/h11-12,15-16H,2-10H2,1H3. The van der Waals surface area contributed by atoms with Crippen molar-refractivity contribution < 1.29 is 14.9 Å².